The lowest BCUT2D eigenvalue weighted by molar-refractivity contribution is -0.131. The molecule has 1 aliphatic heterocycles. The van der Waals surface area contributed by atoms with Crippen LogP contribution in [-0.2, 0) is 9.59 Å². The van der Waals surface area contributed by atoms with Gasteiger partial charge in [0.1, 0.15) is 5.75 Å². The first-order valence-electron chi connectivity index (χ1n) is 5.22. The predicted octanol–water partition coefficient (Wildman–Crippen LogP) is 0.337. The molecule has 0 saturated heterocycles. The molecule has 3 N–H and O–H groups in total. The summed E-state index contributed by atoms with van der Waals surface area (Å²) < 4.78 is 0.764. The molecule has 8 heteroatoms. The highest BCUT2D eigenvalue weighted by atomic mass is 79.9. The number of carbonyl (C=O) groups is 2. The third-order valence-corrected chi connectivity index (χ3v) is 2.82. The van der Waals surface area contributed by atoms with Crippen molar-refractivity contribution in [2.24, 2.45) is 16.1 Å². The van der Waals surface area contributed by atoms with E-state index >= 15 is 0 Å². The van der Waals surface area contributed by atoms with Crippen LogP contribution >= 0.6 is 15.9 Å². The number of benzene rings is 1. The molecule has 1 unspecified atom stereocenters. The van der Waals surface area contributed by atoms with Crippen molar-refractivity contribution >= 4 is 40.2 Å². The Kier molecular flexibility index (Phi) is 3.91. The van der Waals surface area contributed by atoms with E-state index < -0.39 is 17.7 Å². The second kappa shape index (κ2) is 5.61. The Balaban J connectivity index is 2.00. The first-order valence-corrected chi connectivity index (χ1v) is 6.01. The number of aromatic hydroxyl groups is 1. The third kappa shape index (κ3) is 3.16. The Bertz CT molecular complexity index is 585. The van der Waals surface area contributed by atoms with Crippen molar-refractivity contribution < 1.29 is 14.7 Å². The van der Waals surface area contributed by atoms with E-state index in [1.807, 2.05) is 0 Å². The second-order valence-electron chi connectivity index (χ2n) is 3.67. The van der Waals surface area contributed by atoms with E-state index in [0.29, 0.717) is 5.56 Å². The number of nitrogens with one attached hydrogen (secondary N) is 2. The summed E-state index contributed by atoms with van der Waals surface area (Å²) in [6.45, 7) is 0. The van der Waals surface area contributed by atoms with Crippen LogP contribution in [0.2, 0.25) is 0 Å². The van der Waals surface area contributed by atoms with Gasteiger partial charge in [0.15, 0.2) is 5.92 Å². The number of carbonyl (C=O) groups excluding carboxylic acids is 2. The first kappa shape index (κ1) is 13.2. The van der Waals surface area contributed by atoms with Crippen molar-refractivity contribution in [1.82, 2.24) is 10.9 Å². The minimum atomic E-state index is -0.978. The van der Waals surface area contributed by atoms with Gasteiger partial charge in [-0.25, -0.2) is 10.9 Å². The van der Waals surface area contributed by atoms with E-state index in [0.717, 1.165) is 4.47 Å². The monoisotopic (exact) mass is 324 g/mol. The largest absolute Gasteiger partial charge is 0.507 e. The number of hydrogen-bond donors (Lipinski definition) is 3. The Labute approximate surface area is 116 Å². The van der Waals surface area contributed by atoms with Gasteiger partial charge in [0, 0.05) is 16.3 Å². The summed E-state index contributed by atoms with van der Waals surface area (Å²) in [5, 5.41) is 16.7. The standard InChI is InChI=1S/C11H9BrN4O3/c12-7-1-2-9(17)6(3-7)4-13-15-10(18)8-5-14-16-11(8)19/h1-5,8,17H,(H,15,18)(H,16,19)/b13-4+. The lowest BCUT2D eigenvalue weighted by atomic mass is 10.1. The summed E-state index contributed by atoms with van der Waals surface area (Å²) >= 11 is 3.25. The van der Waals surface area contributed by atoms with Gasteiger partial charge < -0.3 is 5.11 Å². The van der Waals surface area contributed by atoms with Crippen LogP contribution < -0.4 is 10.9 Å². The molecule has 0 aliphatic carbocycles. The number of hydrogen-bond acceptors (Lipinski definition) is 5. The van der Waals surface area contributed by atoms with E-state index in [4.69, 9.17) is 0 Å². The van der Waals surface area contributed by atoms with Gasteiger partial charge >= 0.3 is 0 Å². The summed E-state index contributed by atoms with van der Waals surface area (Å²) in [7, 11) is 0. The van der Waals surface area contributed by atoms with Crippen molar-refractivity contribution in [2.45, 2.75) is 0 Å². The molecule has 1 heterocycles. The number of hydrazone groups is 2. The molecule has 19 heavy (non-hydrogen) atoms. The Morgan fingerprint density at radius 1 is 1.58 bits per heavy atom. The van der Waals surface area contributed by atoms with Gasteiger partial charge in [-0.05, 0) is 18.2 Å². The third-order valence-electron chi connectivity index (χ3n) is 2.33. The molecule has 1 aromatic rings. The van der Waals surface area contributed by atoms with E-state index in [9.17, 15) is 14.7 Å². The molecule has 1 aromatic carbocycles. The maximum absolute atomic E-state index is 11.5. The number of halogens is 1. The molecule has 0 aromatic heterocycles. The van der Waals surface area contributed by atoms with Crippen LogP contribution in [0.25, 0.3) is 0 Å². The van der Waals surface area contributed by atoms with Crippen molar-refractivity contribution in [3.05, 3.63) is 28.2 Å². The molecule has 2 rings (SSSR count). The summed E-state index contributed by atoms with van der Waals surface area (Å²) in [6.07, 6.45) is 2.48. The zero-order valence-corrected chi connectivity index (χ0v) is 11.1. The molecule has 7 nitrogen and oxygen atoms in total. The van der Waals surface area contributed by atoms with Crippen LogP contribution in [0.5, 0.6) is 5.75 Å². The summed E-state index contributed by atoms with van der Waals surface area (Å²) in [5.41, 5.74) is 4.78. The van der Waals surface area contributed by atoms with Crippen LogP contribution in [0.15, 0.2) is 32.9 Å². The summed E-state index contributed by atoms with van der Waals surface area (Å²) in [6, 6.07) is 4.80. The van der Waals surface area contributed by atoms with Crippen molar-refractivity contribution in [2.75, 3.05) is 0 Å². The van der Waals surface area contributed by atoms with Crippen LogP contribution in [0.1, 0.15) is 5.56 Å². The van der Waals surface area contributed by atoms with Crippen LogP contribution in [-0.4, -0.2) is 29.4 Å². The molecule has 0 bridgehead atoms. The second-order valence-corrected chi connectivity index (χ2v) is 4.58. The van der Waals surface area contributed by atoms with Crippen LogP contribution in [0, 0.1) is 5.92 Å². The number of rotatable bonds is 3. The maximum atomic E-state index is 11.5. The Morgan fingerprint density at radius 3 is 3.05 bits per heavy atom. The van der Waals surface area contributed by atoms with Gasteiger partial charge in [-0.2, -0.15) is 10.2 Å². The number of amides is 2. The van der Waals surface area contributed by atoms with Gasteiger partial charge in [-0.1, -0.05) is 15.9 Å². The molecule has 0 saturated carbocycles. The van der Waals surface area contributed by atoms with Crippen LogP contribution in [0.3, 0.4) is 0 Å². The molecular weight excluding hydrogens is 316 g/mol. The average Bonchev–Trinajstić information content (AvgIpc) is 2.80. The van der Waals surface area contributed by atoms with E-state index in [1.165, 1.54) is 18.5 Å². The fourth-order valence-electron chi connectivity index (χ4n) is 1.36. The van der Waals surface area contributed by atoms with Crippen molar-refractivity contribution in [3.8, 4) is 5.75 Å². The zero-order valence-electron chi connectivity index (χ0n) is 9.50. The smallest absolute Gasteiger partial charge is 0.258 e. The molecule has 1 atom stereocenters. The predicted molar refractivity (Wildman–Crippen MR) is 71.7 cm³/mol. The number of nitrogens with zero attached hydrogens (tertiary/aromatic N) is 2. The Hall–Kier alpha value is -2.22. The molecule has 2 amide bonds. The average molecular weight is 325 g/mol. The highest BCUT2D eigenvalue weighted by Gasteiger charge is 2.28. The quantitative estimate of drug-likeness (QED) is 0.424. The molecule has 98 valence electrons. The normalized spacial score (nSPS) is 17.7. The van der Waals surface area contributed by atoms with Gasteiger partial charge in [-0.15, -0.1) is 0 Å². The molecule has 1 aliphatic rings. The summed E-state index contributed by atoms with van der Waals surface area (Å²) in [4.78, 5) is 22.7. The van der Waals surface area contributed by atoms with Gasteiger partial charge in [-0.3, -0.25) is 9.59 Å². The van der Waals surface area contributed by atoms with Crippen LogP contribution in [0.4, 0.5) is 0 Å². The number of phenolic OH excluding ortho intramolecular Hbond substituents is 1. The number of phenols is 1. The van der Waals surface area contributed by atoms with Crippen molar-refractivity contribution in [3.63, 3.8) is 0 Å². The maximum Gasteiger partial charge on any atom is 0.258 e. The summed E-state index contributed by atoms with van der Waals surface area (Å²) in [5.74, 6) is -2.04. The Morgan fingerprint density at radius 2 is 2.37 bits per heavy atom. The van der Waals surface area contributed by atoms with Gasteiger partial charge in [0.05, 0.1) is 6.21 Å². The van der Waals surface area contributed by atoms with Gasteiger partial charge in [0.25, 0.3) is 11.8 Å². The van der Waals surface area contributed by atoms with E-state index in [2.05, 4.69) is 37.0 Å². The topological polar surface area (TPSA) is 103 Å². The minimum absolute atomic E-state index is 0.0290. The molecular formula is C11H9BrN4O3. The van der Waals surface area contributed by atoms with Crippen molar-refractivity contribution in [1.29, 1.82) is 0 Å². The van der Waals surface area contributed by atoms with Gasteiger partial charge in [0.2, 0.25) is 0 Å². The minimum Gasteiger partial charge on any atom is -0.507 e. The highest BCUT2D eigenvalue weighted by Crippen LogP contribution is 2.19. The lowest BCUT2D eigenvalue weighted by Crippen LogP contribution is -2.34. The molecule has 0 spiro atoms. The lowest BCUT2D eigenvalue weighted by Gasteiger charge is -2.02. The molecule has 0 radical (unpaired) electrons. The van der Waals surface area contributed by atoms with E-state index in [1.54, 1.807) is 12.1 Å². The highest BCUT2D eigenvalue weighted by molar-refractivity contribution is 9.10. The zero-order chi connectivity index (χ0) is 13.8. The fourth-order valence-corrected chi connectivity index (χ4v) is 1.74. The fraction of sp³-hybridized carbons (Fsp3) is 0.0909. The first-order chi connectivity index (χ1) is 9.08. The molecule has 0 fully saturated rings. The van der Waals surface area contributed by atoms with E-state index in [-0.39, 0.29) is 5.75 Å². The SMILES string of the molecule is O=C1NN=CC1C(=O)N/N=C/c1cc(Br)ccc1O.